The van der Waals surface area contributed by atoms with Gasteiger partial charge in [0.1, 0.15) is 0 Å². The number of piperazine rings is 1. The van der Waals surface area contributed by atoms with Gasteiger partial charge in [-0.25, -0.2) is 0 Å². The summed E-state index contributed by atoms with van der Waals surface area (Å²) in [5.74, 6) is 0.766. The van der Waals surface area contributed by atoms with E-state index >= 15 is 0 Å². The van der Waals surface area contributed by atoms with Gasteiger partial charge in [0, 0.05) is 31.7 Å². The van der Waals surface area contributed by atoms with Gasteiger partial charge in [0.15, 0.2) is 0 Å². The van der Waals surface area contributed by atoms with Gasteiger partial charge in [0.2, 0.25) is 0 Å². The van der Waals surface area contributed by atoms with Crippen molar-refractivity contribution >= 4 is 23.2 Å². The predicted molar refractivity (Wildman–Crippen MR) is 87.7 cm³/mol. The zero-order chi connectivity index (χ0) is 15.4. The molecule has 1 saturated heterocycles. The summed E-state index contributed by atoms with van der Waals surface area (Å²) in [6, 6.07) is 5.09. The number of amides is 1. The van der Waals surface area contributed by atoms with Gasteiger partial charge in [0.25, 0.3) is 5.91 Å². The Morgan fingerprint density at radius 2 is 1.95 bits per heavy atom. The minimum Gasteiger partial charge on any atom is -0.398 e. The van der Waals surface area contributed by atoms with E-state index in [0.717, 1.165) is 38.6 Å². The molecule has 2 N–H and O–H groups in total. The van der Waals surface area contributed by atoms with Crippen LogP contribution in [0.4, 0.5) is 5.69 Å². The highest BCUT2D eigenvalue weighted by Gasteiger charge is 2.22. The largest absolute Gasteiger partial charge is 0.398 e. The number of nitrogens with zero attached hydrogens (tertiary/aromatic N) is 2. The first kappa shape index (κ1) is 16.1. The Bertz CT molecular complexity index is 496. The molecular weight excluding hydrogens is 286 g/mol. The molecule has 0 bridgehead atoms. The second-order valence-corrected chi connectivity index (χ2v) is 6.46. The molecule has 0 unspecified atom stereocenters. The molecule has 1 fully saturated rings. The fourth-order valence-electron chi connectivity index (χ4n) is 2.46. The van der Waals surface area contributed by atoms with Crippen LogP contribution >= 0.6 is 11.6 Å². The van der Waals surface area contributed by atoms with Gasteiger partial charge in [-0.1, -0.05) is 25.4 Å². The maximum atomic E-state index is 12.4. The summed E-state index contributed by atoms with van der Waals surface area (Å²) >= 11 is 5.99. The zero-order valence-corrected chi connectivity index (χ0v) is 13.6. The standard InChI is InChI=1S/C16H24ClN3O/c1-12(2)5-6-19-7-9-20(10-8-19)16(21)13-3-4-15(18)14(17)11-13/h3-4,11-12H,5-10,18H2,1-2H3. The molecule has 21 heavy (non-hydrogen) atoms. The van der Waals surface area contributed by atoms with E-state index in [1.54, 1.807) is 18.2 Å². The number of halogens is 1. The van der Waals surface area contributed by atoms with Gasteiger partial charge in [-0.05, 0) is 37.1 Å². The molecule has 1 aromatic rings. The number of carbonyl (C=O) groups excluding carboxylic acids is 1. The molecule has 116 valence electrons. The summed E-state index contributed by atoms with van der Waals surface area (Å²) in [7, 11) is 0. The van der Waals surface area contributed by atoms with Crippen molar-refractivity contribution in [3.63, 3.8) is 0 Å². The van der Waals surface area contributed by atoms with Crippen LogP contribution in [0.3, 0.4) is 0 Å². The van der Waals surface area contributed by atoms with Crippen molar-refractivity contribution in [2.24, 2.45) is 5.92 Å². The van der Waals surface area contributed by atoms with Crippen molar-refractivity contribution in [2.75, 3.05) is 38.5 Å². The molecule has 1 aliphatic rings. The minimum absolute atomic E-state index is 0.0420. The van der Waals surface area contributed by atoms with Crippen molar-refractivity contribution in [2.45, 2.75) is 20.3 Å². The molecule has 4 nitrogen and oxygen atoms in total. The van der Waals surface area contributed by atoms with E-state index in [4.69, 9.17) is 17.3 Å². The molecule has 2 rings (SSSR count). The first-order valence-corrected chi connectivity index (χ1v) is 7.92. The number of nitrogen functional groups attached to an aromatic ring is 1. The molecule has 5 heteroatoms. The highest BCUT2D eigenvalue weighted by atomic mass is 35.5. The molecule has 0 atom stereocenters. The highest BCUT2D eigenvalue weighted by molar-refractivity contribution is 6.33. The molecule has 1 amide bonds. The van der Waals surface area contributed by atoms with E-state index in [1.165, 1.54) is 6.42 Å². The van der Waals surface area contributed by atoms with Crippen molar-refractivity contribution in [3.05, 3.63) is 28.8 Å². The highest BCUT2D eigenvalue weighted by Crippen LogP contribution is 2.21. The number of nitrogens with two attached hydrogens (primary N) is 1. The van der Waals surface area contributed by atoms with Crippen LogP contribution in [0.2, 0.25) is 5.02 Å². The van der Waals surface area contributed by atoms with Gasteiger partial charge in [-0.2, -0.15) is 0 Å². The normalized spacial score (nSPS) is 16.5. The minimum atomic E-state index is 0.0420. The van der Waals surface area contributed by atoms with Crippen LogP contribution in [0.15, 0.2) is 18.2 Å². The SMILES string of the molecule is CC(C)CCN1CCN(C(=O)c2ccc(N)c(Cl)c2)CC1. The van der Waals surface area contributed by atoms with Crippen molar-refractivity contribution in [3.8, 4) is 0 Å². The Hall–Kier alpha value is -1.26. The van der Waals surface area contributed by atoms with Crippen LogP contribution in [0.5, 0.6) is 0 Å². The van der Waals surface area contributed by atoms with E-state index in [1.807, 2.05) is 4.90 Å². The van der Waals surface area contributed by atoms with E-state index in [9.17, 15) is 4.79 Å². The first-order chi connectivity index (χ1) is 9.97. The van der Waals surface area contributed by atoms with Crippen LogP contribution in [0.25, 0.3) is 0 Å². The quantitative estimate of drug-likeness (QED) is 0.870. The Morgan fingerprint density at radius 3 is 2.52 bits per heavy atom. The van der Waals surface area contributed by atoms with Crippen LogP contribution in [0.1, 0.15) is 30.6 Å². The molecule has 0 aliphatic carbocycles. The molecule has 0 spiro atoms. The molecule has 1 aliphatic heterocycles. The fraction of sp³-hybridized carbons (Fsp3) is 0.562. The summed E-state index contributed by atoms with van der Waals surface area (Å²) in [6.45, 7) is 9.04. The third kappa shape index (κ3) is 4.35. The molecule has 0 aromatic heterocycles. The Kier molecular flexibility index (Phi) is 5.48. The summed E-state index contributed by atoms with van der Waals surface area (Å²) in [6.07, 6.45) is 1.21. The lowest BCUT2D eigenvalue weighted by Gasteiger charge is -2.35. The van der Waals surface area contributed by atoms with Crippen LogP contribution < -0.4 is 5.73 Å². The maximum absolute atomic E-state index is 12.4. The predicted octanol–water partition coefficient (Wildman–Crippen LogP) is 2.73. The summed E-state index contributed by atoms with van der Waals surface area (Å²) < 4.78 is 0. The second-order valence-electron chi connectivity index (χ2n) is 6.05. The van der Waals surface area contributed by atoms with Gasteiger partial charge in [0.05, 0.1) is 10.7 Å². The van der Waals surface area contributed by atoms with Gasteiger partial charge in [-0.15, -0.1) is 0 Å². The van der Waals surface area contributed by atoms with Gasteiger partial charge >= 0.3 is 0 Å². The summed E-state index contributed by atoms with van der Waals surface area (Å²) in [4.78, 5) is 16.8. The third-order valence-corrected chi connectivity index (χ3v) is 4.26. The topological polar surface area (TPSA) is 49.6 Å². The molecule has 0 saturated carbocycles. The Labute approximate surface area is 131 Å². The number of anilines is 1. The Balaban J connectivity index is 1.89. The molecule has 0 radical (unpaired) electrons. The van der Waals surface area contributed by atoms with Crippen molar-refractivity contribution < 1.29 is 4.79 Å². The maximum Gasteiger partial charge on any atom is 0.253 e. The number of carbonyl (C=O) groups is 1. The van der Waals surface area contributed by atoms with Gasteiger partial charge < -0.3 is 10.6 Å². The summed E-state index contributed by atoms with van der Waals surface area (Å²) in [5.41, 5.74) is 6.80. The lowest BCUT2D eigenvalue weighted by Crippen LogP contribution is -2.49. The van der Waals surface area contributed by atoms with Crippen LogP contribution in [-0.2, 0) is 0 Å². The van der Waals surface area contributed by atoms with Crippen molar-refractivity contribution in [1.29, 1.82) is 0 Å². The van der Waals surface area contributed by atoms with E-state index in [0.29, 0.717) is 16.3 Å². The number of rotatable bonds is 4. The lowest BCUT2D eigenvalue weighted by atomic mass is 10.1. The third-order valence-electron chi connectivity index (χ3n) is 3.93. The zero-order valence-electron chi connectivity index (χ0n) is 12.8. The van der Waals surface area contributed by atoms with E-state index in [2.05, 4.69) is 18.7 Å². The first-order valence-electron chi connectivity index (χ1n) is 7.54. The Morgan fingerprint density at radius 1 is 1.29 bits per heavy atom. The fourth-order valence-corrected chi connectivity index (χ4v) is 2.64. The van der Waals surface area contributed by atoms with E-state index < -0.39 is 0 Å². The molecule has 1 aromatic carbocycles. The second kappa shape index (κ2) is 7.14. The monoisotopic (exact) mass is 309 g/mol. The van der Waals surface area contributed by atoms with E-state index in [-0.39, 0.29) is 5.91 Å². The van der Waals surface area contributed by atoms with Gasteiger partial charge in [-0.3, -0.25) is 9.69 Å². The van der Waals surface area contributed by atoms with Crippen molar-refractivity contribution in [1.82, 2.24) is 9.80 Å². The number of hydrogen-bond acceptors (Lipinski definition) is 3. The molecule has 1 heterocycles. The number of benzene rings is 1. The number of hydrogen-bond donors (Lipinski definition) is 1. The molecular formula is C16H24ClN3O. The smallest absolute Gasteiger partial charge is 0.253 e. The average Bonchev–Trinajstić information content (AvgIpc) is 2.48. The van der Waals surface area contributed by atoms with Crippen LogP contribution in [-0.4, -0.2) is 48.4 Å². The lowest BCUT2D eigenvalue weighted by molar-refractivity contribution is 0.0632. The van der Waals surface area contributed by atoms with Crippen LogP contribution in [0, 0.1) is 5.92 Å². The average molecular weight is 310 g/mol. The summed E-state index contributed by atoms with van der Waals surface area (Å²) in [5, 5.41) is 0.441.